The first-order valence-corrected chi connectivity index (χ1v) is 6.80. The molecule has 0 aromatic heterocycles. The number of benzene rings is 1. The number of carbonyl (C=O) groups is 1. The monoisotopic (exact) mass is 342 g/mol. The molecule has 1 atom stereocenters. The molecule has 1 amide bonds. The zero-order valence-electron chi connectivity index (χ0n) is 11.3. The predicted molar refractivity (Wildman–Crippen MR) is 83.4 cm³/mol. The summed E-state index contributed by atoms with van der Waals surface area (Å²) in [5.74, 6) is -0.656. The van der Waals surface area contributed by atoms with E-state index in [9.17, 15) is 9.18 Å². The van der Waals surface area contributed by atoms with Gasteiger partial charge in [0, 0.05) is 17.0 Å². The Labute approximate surface area is 134 Å². The topological polar surface area (TPSA) is 41.1 Å². The second kappa shape index (κ2) is 9.40. The van der Waals surface area contributed by atoms with E-state index in [1.54, 1.807) is 6.92 Å². The second-order valence-electron chi connectivity index (χ2n) is 4.25. The van der Waals surface area contributed by atoms with E-state index in [-0.39, 0.29) is 23.3 Å². The summed E-state index contributed by atoms with van der Waals surface area (Å²) < 4.78 is 13.4. The Morgan fingerprint density at radius 1 is 1.40 bits per heavy atom. The molecule has 0 aliphatic rings. The molecule has 1 unspecified atom stereocenters. The summed E-state index contributed by atoms with van der Waals surface area (Å²) in [7, 11) is 1.83. The molecular formula is C13H18Cl3FN2O. The van der Waals surface area contributed by atoms with E-state index in [2.05, 4.69) is 10.6 Å². The van der Waals surface area contributed by atoms with Crippen molar-refractivity contribution in [1.29, 1.82) is 0 Å². The number of hydrogen-bond acceptors (Lipinski definition) is 2. The lowest BCUT2D eigenvalue weighted by molar-refractivity contribution is -0.121. The van der Waals surface area contributed by atoms with Crippen LogP contribution in [0, 0.1) is 5.82 Å². The SMILES string of the molecule is CNCCCC(=O)NC(C)c1c(Cl)ccc(F)c1Cl.Cl. The largest absolute Gasteiger partial charge is 0.349 e. The summed E-state index contributed by atoms with van der Waals surface area (Å²) in [6, 6.07) is 2.20. The average molecular weight is 344 g/mol. The Kier molecular flexibility index (Phi) is 9.14. The Morgan fingerprint density at radius 2 is 2.05 bits per heavy atom. The highest BCUT2D eigenvalue weighted by atomic mass is 35.5. The van der Waals surface area contributed by atoms with Crippen molar-refractivity contribution in [3.63, 3.8) is 0 Å². The van der Waals surface area contributed by atoms with Gasteiger partial charge in [-0.1, -0.05) is 23.2 Å². The molecule has 0 aliphatic heterocycles. The first kappa shape index (κ1) is 19.4. The molecule has 1 rings (SSSR count). The molecule has 1 aromatic carbocycles. The molecular weight excluding hydrogens is 326 g/mol. The smallest absolute Gasteiger partial charge is 0.220 e. The number of halogens is 4. The molecule has 0 aliphatic carbocycles. The van der Waals surface area contributed by atoms with Crippen LogP contribution >= 0.6 is 35.6 Å². The Hall–Kier alpha value is -0.550. The van der Waals surface area contributed by atoms with Gasteiger partial charge in [0.2, 0.25) is 5.91 Å². The van der Waals surface area contributed by atoms with E-state index in [0.717, 1.165) is 13.0 Å². The van der Waals surface area contributed by atoms with Gasteiger partial charge >= 0.3 is 0 Å². The third-order valence-electron chi connectivity index (χ3n) is 2.72. The number of hydrogen-bond donors (Lipinski definition) is 2. The van der Waals surface area contributed by atoms with Crippen LogP contribution in [-0.2, 0) is 4.79 Å². The lowest BCUT2D eigenvalue weighted by Crippen LogP contribution is -2.27. The Morgan fingerprint density at radius 3 is 2.65 bits per heavy atom. The maximum absolute atomic E-state index is 13.4. The van der Waals surface area contributed by atoms with E-state index < -0.39 is 11.9 Å². The molecule has 7 heteroatoms. The van der Waals surface area contributed by atoms with E-state index in [1.165, 1.54) is 12.1 Å². The van der Waals surface area contributed by atoms with Crippen molar-refractivity contribution < 1.29 is 9.18 Å². The minimum atomic E-state index is -0.544. The van der Waals surface area contributed by atoms with Crippen molar-refractivity contribution >= 4 is 41.5 Å². The molecule has 1 aromatic rings. The highest BCUT2D eigenvalue weighted by molar-refractivity contribution is 6.36. The highest BCUT2D eigenvalue weighted by Gasteiger charge is 2.18. The van der Waals surface area contributed by atoms with Crippen LogP contribution in [0.4, 0.5) is 4.39 Å². The van der Waals surface area contributed by atoms with E-state index >= 15 is 0 Å². The molecule has 20 heavy (non-hydrogen) atoms. The van der Waals surface area contributed by atoms with Crippen molar-refractivity contribution in [3.8, 4) is 0 Å². The molecule has 0 saturated carbocycles. The quantitative estimate of drug-likeness (QED) is 0.610. The van der Waals surface area contributed by atoms with Gasteiger partial charge in [0.15, 0.2) is 0 Å². The van der Waals surface area contributed by atoms with Gasteiger partial charge in [-0.3, -0.25) is 4.79 Å². The van der Waals surface area contributed by atoms with Crippen LogP contribution in [0.25, 0.3) is 0 Å². The summed E-state index contributed by atoms with van der Waals surface area (Å²) in [5.41, 5.74) is 0.408. The van der Waals surface area contributed by atoms with E-state index in [0.29, 0.717) is 17.0 Å². The summed E-state index contributed by atoms with van der Waals surface area (Å²) in [5, 5.41) is 6.02. The lowest BCUT2D eigenvalue weighted by Gasteiger charge is -2.17. The maximum atomic E-state index is 13.4. The molecule has 0 bridgehead atoms. The van der Waals surface area contributed by atoms with Crippen molar-refractivity contribution in [2.24, 2.45) is 0 Å². The summed E-state index contributed by atoms with van der Waals surface area (Å²) in [4.78, 5) is 11.7. The van der Waals surface area contributed by atoms with Crippen molar-refractivity contribution in [2.75, 3.05) is 13.6 Å². The summed E-state index contributed by atoms with van der Waals surface area (Å²) >= 11 is 11.9. The molecule has 0 spiro atoms. The van der Waals surface area contributed by atoms with Gasteiger partial charge < -0.3 is 10.6 Å². The van der Waals surface area contributed by atoms with Gasteiger partial charge in [0.25, 0.3) is 0 Å². The molecule has 0 radical (unpaired) electrons. The fourth-order valence-electron chi connectivity index (χ4n) is 1.75. The third kappa shape index (κ3) is 5.44. The second-order valence-corrected chi connectivity index (χ2v) is 5.04. The van der Waals surface area contributed by atoms with Gasteiger partial charge in [0.05, 0.1) is 11.1 Å². The fourth-order valence-corrected chi connectivity index (χ4v) is 2.45. The van der Waals surface area contributed by atoms with E-state index in [1.807, 2.05) is 7.05 Å². The van der Waals surface area contributed by atoms with E-state index in [4.69, 9.17) is 23.2 Å². The average Bonchev–Trinajstić information content (AvgIpc) is 2.34. The van der Waals surface area contributed by atoms with Gasteiger partial charge in [-0.15, -0.1) is 12.4 Å². The third-order valence-corrected chi connectivity index (χ3v) is 3.43. The minimum absolute atomic E-state index is 0. The number of amides is 1. The van der Waals surface area contributed by atoms with Gasteiger partial charge in [-0.25, -0.2) is 4.39 Å². The van der Waals surface area contributed by atoms with Crippen molar-refractivity contribution in [1.82, 2.24) is 10.6 Å². The van der Waals surface area contributed by atoms with Crippen LogP contribution < -0.4 is 10.6 Å². The van der Waals surface area contributed by atoms with Crippen LogP contribution in [0.2, 0.25) is 10.0 Å². The standard InChI is InChI=1S/C13H17Cl2FN2O.ClH/c1-8(18-11(19)4-3-7-17-2)12-9(14)5-6-10(16)13(12)15;/h5-6,8,17H,3-4,7H2,1-2H3,(H,18,19);1H. The Balaban J connectivity index is 0.00000361. The zero-order chi connectivity index (χ0) is 14.4. The Bertz CT molecular complexity index is 457. The molecule has 2 N–H and O–H groups in total. The van der Waals surface area contributed by atoms with Gasteiger partial charge in [0.1, 0.15) is 5.82 Å². The predicted octanol–water partition coefficient (Wildman–Crippen LogP) is 3.73. The molecule has 0 saturated heterocycles. The first-order valence-electron chi connectivity index (χ1n) is 6.04. The minimum Gasteiger partial charge on any atom is -0.349 e. The summed E-state index contributed by atoms with van der Waals surface area (Å²) in [6.45, 7) is 2.49. The van der Waals surface area contributed by atoms with Crippen LogP contribution in [-0.4, -0.2) is 19.5 Å². The zero-order valence-corrected chi connectivity index (χ0v) is 13.6. The number of nitrogens with one attached hydrogen (secondary N) is 2. The normalized spacial score (nSPS) is 11.7. The molecule has 114 valence electrons. The molecule has 0 fully saturated rings. The van der Waals surface area contributed by atoms with Crippen LogP contribution in [0.3, 0.4) is 0 Å². The first-order chi connectivity index (χ1) is 8.97. The van der Waals surface area contributed by atoms with Crippen molar-refractivity contribution in [2.45, 2.75) is 25.8 Å². The van der Waals surface area contributed by atoms with Crippen LogP contribution in [0.1, 0.15) is 31.4 Å². The summed E-state index contributed by atoms with van der Waals surface area (Å²) in [6.07, 6.45) is 1.13. The molecule has 3 nitrogen and oxygen atoms in total. The number of carbonyl (C=O) groups excluding carboxylic acids is 1. The van der Waals surface area contributed by atoms with Crippen LogP contribution in [0.5, 0.6) is 0 Å². The fraction of sp³-hybridized carbons (Fsp3) is 0.462. The lowest BCUT2D eigenvalue weighted by atomic mass is 10.1. The van der Waals surface area contributed by atoms with Gasteiger partial charge in [-0.2, -0.15) is 0 Å². The molecule has 0 heterocycles. The van der Waals surface area contributed by atoms with Crippen LogP contribution in [0.15, 0.2) is 12.1 Å². The maximum Gasteiger partial charge on any atom is 0.220 e. The van der Waals surface area contributed by atoms with Crippen molar-refractivity contribution in [3.05, 3.63) is 33.6 Å². The highest BCUT2D eigenvalue weighted by Crippen LogP contribution is 2.32. The number of rotatable bonds is 6. The van der Waals surface area contributed by atoms with Gasteiger partial charge in [-0.05, 0) is 39.1 Å².